The van der Waals surface area contributed by atoms with Crippen molar-refractivity contribution in [3.05, 3.63) is 29.9 Å². The summed E-state index contributed by atoms with van der Waals surface area (Å²) in [6, 6.07) is 3.11. The first kappa shape index (κ1) is 14.5. The second kappa shape index (κ2) is 5.39. The average Bonchev–Trinajstić information content (AvgIpc) is 3.21. The van der Waals surface area contributed by atoms with Gasteiger partial charge in [0.15, 0.2) is 0 Å². The maximum Gasteiger partial charge on any atom is 0.471 e. The zero-order valence-electron chi connectivity index (χ0n) is 11.2. The molecule has 0 radical (unpaired) electrons. The van der Waals surface area contributed by atoms with E-state index in [0.29, 0.717) is 11.3 Å². The van der Waals surface area contributed by atoms with Crippen molar-refractivity contribution in [3.8, 4) is 11.4 Å². The minimum Gasteiger partial charge on any atom is -0.350 e. The zero-order chi connectivity index (χ0) is 15.7. The monoisotopic (exact) mass is 312 g/mol. The molecule has 1 fully saturated rings. The lowest BCUT2D eigenvalue weighted by molar-refractivity contribution is -0.159. The van der Waals surface area contributed by atoms with Crippen LogP contribution in [0.1, 0.15) is 24.4 Å². The summed E-state index contributed by atoms with van der Waals surface area (Å²) in [5, 5.41) is 6.02. The lowest BCUT2D eigenvalue weighted by Gasteiger charge is -2.03. The Kier molecular flexibility index (Phi) is 3.55. The molecule has 1 saturated carbocycles. The second-order valence-electron chi connectivity index (χ2n) is 4.95. The average molecular weight is 312 g/mol. The molecule has 0 aromatic carbocycles. The van der Waals surface area contributed by atoms with Crippen LogP contribution in [-0.4, -0.2) is 21.0 Å². The number of nitrogens with zero attached hydrogens (tertiary/aromatic N) is 3. The number of nitrogens with one attached hydrogen (secondary N) is 1. The highest BCUT2D eigenvalue weighted by Crippen LogP contribution is 2.29. The highest BCUT2D eigenvalue weighted by Gasteiger charge is 2.38. The molecular weight excluding hydrogens is 301 g/mol. The van der Waals surface area contributed by atoms with Gasteiger partial charge >= 0.3 is 12.1 Å². The van der Waals surface area contributed by atoms with Crippen LogP contribution in [0.4, 0.5) is 13.2 Å². The summed E-state index contributed by atoms with van der Waals surface area (Å²) in [4.78, 5) is 18.8. The number of hydrogen-bond acceptors (Lipinski definition) is 5. The number of alkyl halides is 3. The second-order valence-corrected chi connectivity index (χ2v) is 4.95. The van der Waals surface area contributed by atoms with Gasteiger partial charge in [-0.25, -0.2) is 0 Å². The number of carbonyl (C=O) groups excluding carboxylic acids is 1. The van der Waals surface area contributed by atoms with Crippen molar-refractivity contribution in [1.29, 1.82) is 0 Å². The van der Waals surface area contributed by atoms with Crippen molar-refractivity contribution >= 4 is 5.91 Å². The fraction of sp³-hybridized carbons (Fsp3) is 0.385. The summed E-state index contributed by atoms with van der Waals surface area (Å²) in [6.07, 6.45) is -1.51. The first-order valence-corrected chi connectivity index (χ1v) is 6.57. The number of halogens is 3. The van der Waals surface area contributed by atoms with Gasteiger partial charge in [-0.05, 0) is 25.0 Å². The maximum atomic E-state index is 12.4. The van der Waals surface area contributed by atoms with Crippen LogP contribution in [0.5, 0.6) is 0 Å². The van der Waals surface area contributed by atoms with E-state index in [1.54, 1.807) is 6.07 Å². The van der Waals surface area contributed by atoms with E-state index in [1.807, 2.05) is 0 Å². The quantitative estimate of drug-likeness (QED) is 0.936. The molecule has 2 heterocycles. The Labute approximate surface area is 122 Å². The smallest absolute Gasteiger partial charge is 0.350 e. The van der Waals surface area contributed by atoms with Crippen molar-refractivity contribution in [2.45, 2.75) is 25.6 Å². The lowest BCUT2D eigenvalue weighted by Crippen LogP contribution is -2.24. The summed E-state index contributed by atoms with van der Waals surface area (Å²) in [5.41, 5.74) is 0.897. The number of rotatable bonds is 4. The first-order chi connectivity index (χ1) is 10.4. The SMILES string of the molecule is O=C(NCc1ccc(-c2noc(C(F)(F)F)n2)cn1)C1CC1. The molecule has 2 aromatic rings. The predicted octanol–water partition coefficient (Wildman–Crippen LogP) is 2.18. The van der Waals surface area contributed by atoms with Crippen LogP contribution in [0.3, 0.4) is 0 Å². The van der Waals surface area contributed by atoms with Gasteiger partial charge in [0.25, 0.3) is 0 Å². The van der Waals surface area contributed by atoms with Gasteiger partial charge in [-0.3, -0.25) is 9.78 Å². The van der Waals surface area contributed by atoms with Crippen LogP contribution >= 0.6 is 0 Å². The third kappa shape index (κ3) is 3.23. The Morgan fingerprint density at radius 1 is 1.36 bits per heavy atom. The molecule has 1 aliphatic carbocycles. The number of carbonyl (C=O) groups is 1. The molecule has 2 aromatic heterocycles. The molecule has 6 nitrogen and oxygen atoms in total. The van der Waals surface area contributed by atoms with Crippen molar-refractivity contribution < 1.29 is 22.5 Å². The number of aromatic nitrogens is 3. The van der Waals surface area contributed by atoms with Crippen LogP contribution in [-0.2, 0) is 17.5 Å². The molecule has 1 aliphatic rings. The van der Waals surface area contributed by atoms with Crippen molar-refractivity contribution in [2.75, 3.05) is 0 Å². The van der Waals surface area contributed by atoms with E-state index in [9.17, 15) is 18.0 Å². The van der Waals surface area contributed by atoms with Gasteiger partial charge in [-0.15, -0.1) is 0 Å². The highest BCUT2D eigenvalue weighted by atomic mass is 19.4. The van der Waals surface area contributed by atoms with Gasteiger partial charge < -0.3 is 9.84 Å². The molecule has 1 N–H and O–H groups in total. The molecule has 0 spiro atoms. The molecule has 1 amide bonds. The predicted molar refractivity (Wildman–Crippen MR) is 67.1 cm³/mol. The fourth-order valence-corrected chi connectivity index (χ4v) is 1.78. The summed E-state index contributed by atoms with van der Waals surface area (Å²) in [6.45, 7) is 0.273. The first-order valence-electron chi connectivity index (χ1n) is 6.57. The summed E-state index contributed by atoms with van der Waals surface area (Å²) in [5.74, 6) is -1.48. The Morgan fingerprint density at radius 3 is 2.68 bits per heavy atom. The van der Waals surface area contributed by atoms with Crippen LogP contribution in [0, 0.1) is 5.92 Å². The number of hydrogen-bond donors (Lipinski definition) is 1. The third-order valence-corrected chi connectivity index (χ3v) is 3.14. The Hall–Kier alpha value is -2.45. The van der Waals surface area contributed by atoms with Gasteiger partial charge in [0, 0.05) is 17.7 Å². The molecule has 116 valence electrons. The molecule has 0 aliphatic heterocycles. The molecule has 9 heteroatoms. The van der Waals surface area contributed by atoms with E-state index in [2.05, 4.69) is 25.0 Å². The van der Waals surface area contributed by atoms with Crippen molar-refractivity contribution in [2.24, 2.45) is 5.92 Å². The van der Waals surface area contributed by atoms with E-state index < -0.39 is 12.1 Å². The highest BCUT2D eigenvalue weighted by molar-refractivity contribution is 5.80. The van der Waals surface area contributed by atoms with Crippen molar-refractivity contribution in [1.82, 2.24) is 20.4 Å². The third-order valence-electron chi connectivity index (χ3n) is 3.14. The van der Waals surface area contributed by atoms with E-state index in [4.69, 9.17) is 0 Å². The van der Waals surface area contributed by atoms with Crippen LogP contribution in [0.2, 0.25) is 0 Å². The minimum atomic E-state index is -4.67. The topological polar surface area (TPSA) is 80.9 Å². The Morgan fingerprint density at radius 2 is 2.14 bits per heavy atom. The van der Waals surface area contributed by atoms with E-state index >= 15 is 0 Å². The normalized spacial score (nSPS) is 14.9. The molecule has 22 heavy (non-hydrogen) atoms. The standard InChI is InChI=1S/C13H11F3N4O2/c14-13(15,16)12-19-10(20-22-12)8-3-4-9(17-5-8)6-18-11(21)7-1-2-7/h3-5,7H,1-2,6H2,(H,18,21). The molecule has 3 rings (SSSR count). The molecule has 0 unspecified atom stereocenters. The van der Waals surface area contributed by atoms with Crippen LogP contribution in [0.25, 0.3) is 11.4 Å². The van der Waals surface area contributed by atoms with Gasteiger partial charge in [-0.2, -0.15) is 18.2 Å². The molecule has 0 atom stereocenters. The summed E-state index contributed by atoms with van der Waals surface area (Å²) < 4.78 is 41.3. The summed E-state index contributed by atoms with van der Waals surface area (Å²) >= 11 is 0. The van der Waals surface area contributed by atoms with E-state index in [-0.39, 0.29) is 24.2 Å². The van der Waals surface area contributed by atoms with Gasteiger partial charge in [0.2, 0.25) is 11.7 Å². The summed E-state index contributed by atoms with van der Waals surface area (Å²) in [7, 11) is 0. The van der Waals surface area contributed by atoms with E-state index in [1.165, 1.54) is 12.3 Å². The fourth-order valence-electron chi connectivity index (χ4n) is 1.78. The number of pyridine rings is 1. The van der Waals surface area contributed by atoms with Gasteiger partial charge in [-0.1, -0.05) is 5.16 Å². The minimum absolute atomic E-state index is 0.00105. The molecular formula is C13H11F3N4O2. The van der Waals surface area contributed by atoms with Crippen LogP contribution in [0.15, 0.2) is 22.9 Å². The number of amides is 1. The van der Waals surface area contributed by atoms with Gasteiger partial charge in [0.05, 0.1) is 12.2 Å². The largest absolute Gasteiger partial charge is 0.471 e. The van der Waals surface area contributed by atoms with Crippen molar-refractivity contribution in [3.63, 3.8) is 0 Å². The molecule has 0 saturated heterocycles. The zero-order valence-corrected chi connectivity index (χ0v) is 11.2. The molecule has 0 bridgehead atoms. The maximum absolute atomic E-state index is 12.4. The van der Waals surface area contributed by atoms with Gasteiger partial charge in [0.1, 0.15) is 0 Å². The Bertz CT molecular complexity index is 677. The lowest BCUT2D eigenvalue weighted by atomic mass is 10.2. The van der Waals surface area contributed by atoms with E-state index in [0.717, 1.165) is 12.8 Å². The Balaban J connectivity index is 1.65. The van der Waals surface area contributed by atoms with Crippen LogP contribution < -0.4 is 5.32 Å².